The van der Waals surface area contributed by atoms with Gasteiger partial charge in [0.05, 0.1) is 13.3 Å². The number of carboxylic acid groups (broad SMARTS) is 1. The average molecular weight is 228 g/mol. The fraction of sp³-hybridized carbons (Fsp3) is 0.125. The van der Waals surface area contributed by atoms with Crippen LogP contribution in [-0.2, 0) is 0 Å². The summed E-state index contributed by atoms with van der Waals surface area (Å²) in [6, 6.07) is 1.47. The van der Waals surface area contributed by atoms with Crippen molar-refractivity contribution in [1.82, 2.24) is 14.6 Å². The van der Waals surface area contributed by atoms with Gasteiger partial charge in [-0.1, -0.05) is 11.6 Å². The molecule has 2 aromatic rings. The summed E-state index contributed by atoms with van der Waals surface area (Å²) in [5.41, 5.74) is 0.211. The molecule has 0 bridgehead atoms. The number of hydrogen-bond donors (Lipinski definition) is 1. The summed E-state index contributed by atoms with van der Waals surface area (Å²) >= 11 is 5.70. The highest BCUT2D eigenvalue weighted by atomic mass is 35.5. The molecular formula is C8H6ClN3O3. The van der Waals surface area contributed by atoms with Gasteiger partial charge in [-0.15, -0.1) is 0 Å². The molecule has 0 unspecified atom stereocenters. The van der Waals surface area contributed by atoms with Gasteiger partial charge in [0.1, 0.15) is 0 Å². The van der Waals surface area contributed by atoms with Gasteiger partial charge < -0.3 is 9.84 Å². The Kier molecular flexibility index (Phi) is 2.20. The molecule has 0 saturated carbocycles. The molecule has 0 aromatic carbocycles. The molecule has 1 N–H and O–H groups in total. The topological polar surface area (TPSA) is 76.7 Å². The van der Waals surface area contributed by atoms with Gasteiger partial charge in [-0.25, -0.2) is 14.3 Å². The first-order chi connectivity index (χ1) is 7.11. The van der Waals surface area contributed by atoms with Crippen LogP contribution >= 0.6 is 11.6 Å². The van der Waals surface area contributed by atoms with Crippen molar-refractivity contribution < 1.29 is 14.6 Å². The summed E-state index contributed by atoms with van der Waals surface area (Å²) in [5, 5.41) is 12.8. The summed E-state index contributed by atoms with van der Waals surface area (Å²) in [5.74, 6) is -0.749. The van der Waals surface area contributed by atoms with Gasteiger partial charge >= 0.3 is 5.97 Å². The van der Waals surface area contributed by atoms with Crippen LogP contribution in [0.2, 0.25) is 5.15 Å². The van der Waals surface area contributed by atoms with E-state index in [4.69, 9.17) is 21.4 Å². The van der Waals surface area contributed by atoms with Crippen LogP contribution < -0.4 is 4.74 Å². The molecule has 15 heavy (non-hydrogen) atoms. The van der Waals surface area contributed by atoms with Crippen molar-refractivity contribution in [3.63, 3.8) is 0 Å². The third-order valence-corrected chi connectivity index (χ3v) is 1.99. The monoisotopic (exact) mass is 227 g/mol. The number of aromatic nitrogens is 3. The molecule has 0 radical (unpaired) electrons. The van der Waals surface area contributed by atoms with Crippen LogP contribution in [0.5, 0.6) is 5.75 Å². The molecule has 2 aromatic heterocycles. The van der Waals surface area contributed by atoms with Crippen molar-refractivity contribution in [3.8, 4) is 5.75 Å². The first-order valence-corrected chi connectivity index (χ1v) is 4.33. The summed E-state index contributed by atoms with van der Waals surface area (Å²) in [7, 11) is 1.45. The molecule has 78 valence electrons. The number of methoxy groups -OCH3 is 1. The highest BCUT2D eigenvalue weighted by molar-refractivity contribution is 6.29. The molecular weight excluding hydrogens is 222 g/mol. The van der Waals surface area contributed by atoms with Crippen molar-refractivity contribution in [3.05, 3.63) is 23.1 Å². The number of halogens is 1. The van der Waals surface area contributed by atoms with E-state index >= 15 is 0 Å². The molecule has 6 nitrogen and oxygen atoms in total. The van der Waals surface area contributed by atoms with Crippen molar-refractivity contribution in [2.45, 2.75) is 0 Å². The maximum atomic E-state index is 10.7. The molecule has 0 fully saturated rings. The Hall–Kier alpha value is -1.82. The lowest BCUT2D eigenvalue weighted by molar-refractivity contribution is 0.0691. The number of ether oxygens (including phenoxy) is 1. The van der Waals surface area contributed by atoms with Gasteiger partial charge in [-0.05, 0) is 0 Å². The molecule has 2 heterocycles. The predicted molar refractivity (Wildman–Crippen MR) is 51.5 cm³/mol. The third-order valence-electron chi connectivity index (χ3n) is 1.80. The van der Waals surface area contributed by atoms with Crippen LogP contribution in [0, 0.1) is 0 Å². The molecule has 0 saturated heterocycles. The van der Waals surface area contributed by atoms with Crippen LogP contribution in [0.15, 0.2) is 12.3 Å². The minimum atomic E-state index is -1.13. The summed E-state index contributed by atoms with van der Waals surface area (Å²) in [6.45, 7) is 0. The molecule has 2 rings (SSSR count). The van der Waals surface area contributed by atoms with Crippen LogP contribution in [0.25, 0.3) is 5.65 Å². The Labute approximate surface area is 89.1 Å². The number of imidazole rings is 1. The second-order valence-electron chi connectivity index (χ2n) is 2.73. The lowest BCUT2D eigenvalue weighted by Crippen LogP contribution is -1.95. The van der Waals surface area contributed by atoms with E-state index in [1.807, 2.05) is 0 Å². The number of aromatic carboxylic acids is 1. The zero-order chi connectivity index (χ0) is 11.0. The molecule has 0 aliphatic heterocycles. The maximum Gasteiger partial charge on any atom is 0.356 e. The summed E-state index contributed by atoms with van der Waals surface area (Å²) in [6.07, 6.45) is 1.27. The molecule has 7 heteroatoms. The number of rotatable bonds is 2. The third kappa shape index (κ3) is 1.59. The Bertz CT molecular complexity index is 537. The quantitative estimate of drug-likeness (QED) is 0.831. The predicted octanol–water partition coefficient (Wildman–Crippen LogP) is 1.09. The molecule has 0 aliphatic rings. The van der Waals surface area contributed by atoms with E-state index in [0.717, 1.165) is 0 Å². The van der Waals surface area contributed by atoms with Gasteiger partial charge in [0.2, 0.25) is 0 Å². The van der Waals surface area contributed by atoms with E-state index in [1.54, 1.807) is 0 Å². The highest BCUT2D eigenvalue weighted by Gasteiger charge is 2.13. The lowest BCUT2D eigenvalue weighted by atomic mass is 10.5. The normalized spacial score (nSPS) is 10.5. The number of fused-ring (bicyclic) bond motifs is 1. The van der Waals surface area contributed by atoms with Gasteiger partial charge in [-0.2, -0.15) is 5.10 Å². The van der Waals surface area contributed by atoms with Crippen molar-refractivity contribution >= 4 is 23.2 Å². The standard InChI is InChI=1S/C8H6ClN3O3/c1-15-5-2-6(9)11-12-3-4(8(13)14)10-7(5)12/h2-3H,1H3,(H,13,14). The first-order valence-electron chi connectivity index (χ1n) is 3.95. The second-order valence-corrected chi connectivity index (χ2v) is 3.12. The van der Waals surface area contributed by atoms with E-state index in [0.29, 0.717) is 11.4 Å². The lowest BCUT2D eigenvalue weighted by Gasteiger charge is -2.00. The van der Waals surface area contributed by atoms with E-state index < -0.39 is 5.97 Å². The number of carboxylic acids is 1. The van der Waals surface area contributed by atoms with Gasteiger partial charge in [0.15, 0.2) is 22.2 Å². The largest absolute Gasteiger partial charge is 0.493 e. The Morgan fingerprint density at radius 2 is 2.40 bits per heavy atom. The Morgan fingerprint density at radius 1 is 1.67 bits per heavy atom. The number of hydrogen-bond acceptors (Lipinski definition) is 4. The van der Waals surface area contributed by atoms with Crippen LogP contribution in [-0.4, -0.2) is 32.8 Å². The van der Waals surface area contributed by atoms with E-state index in [9.17, 15) is 4.79 Å². The van der Waals surface area contributed by atoms with Gasteiger partial charge in [0.25, 0.3) is 0 Å². The number of nitrogens with zero attached hydrogens (tertiary/aromatic N) is 3. The van der Waals surface area contributed by atoms with Crippen molar-refractivity contribution in [1.29, 1.82) is 0 Å². The van der Waals surface area contributed by atoms with E-state index in [1.165, 1.54) is 23.9 Å². The molecule has 0 atom stereocenters. The van der Waals surface area contributed by atoms with Crippen LogP contribution in [0.1, 0.15) is 10.5 Å². The minimum absolute atomic E-state index is 0.108. The zero-order valence-electron chi connectivity index (χ0n) is 7.64. The van der Waals surface area contributed by atoms with Crippen LogP contribution in [0.4, 0.5) is 0 Å². The minimum Gasteiger partial charge on any atom is -0.493 e. The summed E-state index contributed by atoms with van der Waals surface area (Å²) < 4.78 is 6.27. The smallest absolute Gasteiger partial charge is 0.356 e. The summed E-state index contributed by atoms with van der Waals surface area (Å²) in [4.78, 5) is 14.5. The zero-order valence-corrected chi connectivity index (χ0v) is 8.39. The van der Waals surface area contributed by atoms with E-state index in [-0.39, 0.29) is 10.8 Å². The van der Waals surface area contributed by atoms with Gasteiger partial charge in [-0.3, -0.25) is 0 Å². The second kappa shape index (κ2) is 3.39. The number of carbonyl (C=O) groups is 1. The van der Waals surface area contributed by atoms with Crippen molar-refractivity contribution in [2.75, 3.05) is 7.11 Å². The average Bonchev–Trinajstić information content (AvgIpc) is 2.59. The Balaban J connectivity index is 2.74. The molecule has 0 aliphatic carbocycles. The van der Waals surface area contributed by atoms with Crippen molar-refractivity contribution in [2.24, 2.45) is 0 Å². The van der Waals surface area contributed by atoms with Gasteiger partial charge in [0, 0.05) is 6.07 Å². The Morgan fingerprint density at radius 3 is 3.00 bits per heavy atom. The SMILES string of the molecule is COc1cc(Cl)nn2cc(C(=O)O)nc12. The highest BCUT2D eigenvalue weighted by Crippen LogP contribution is 2.21. The van der Waals surface area contributed by atoms with E-state index in [2.05, 4.69) is 10.1 Å². The first kappa shape index (κ1) is 9.72. The fourth-order valence-electron chi connectivity index (χ4n) is 1.17. The maximum absolute atomic E-state index is 10.7. The molecule has 0 amide bonds. The molecule has 0 spiro atoms. The van der Waals surface area contributed by atoms with Crippen LogP contribution in [0.3, 0.4) is 0 Å². The fourth-order valence-corrected chi connectivity index (χ4v) is 1.35.